The molecule has 1 amide bonds. The average molecular weight is 207 g/mol. The summed E-state index contributed by atoms with van der Waals surface area (Å²) in [4.78, 5) is 11.7. The van der Waals surface area contributed by atoms with E-state index in [0.717, 1.165) is 6.42 Å². The third-order valence-electron chi connectivity index (χ3n) is 2.85. The fraction of sp³-hybridized carbons (Fsp3) is 0.417. The van der Waals surface area contributed by atoms with Crippen LogP contribution in [0.3, 0.4) is 0 Å². The second-order valence-electron chi connectivity index (χ2n) is 4.26. The highest BCUT2D eigenvalue weighted by atomic mass is 19.1. The summed E-state index contributed by atoms with van der Waals surface area (Å²) < 4.78 is 13.0. The molecule has 1 fully saturated rings. The minimum absolute atomic E-state index is 0.104. The van der Waals surface area contributed by atoms with Crippen LogP contribution in [0.2, 0.25) is 0 Å². The van der Waals surface area contributed by atoms with Crippen molar-refractivity contribution in [3.8, 4) is 0 Å². The minimum Gasteiger partial charge on any atom is -0.349 e. The summed E-state index contributed by atoms with van der Waals surface area (Å²) in [5.41, 5.74) is 1.04. The molecule has 1 aliphatic carbocycles. The first-order chi connectivity index (χ1) is 7.08. The van der Waals surface area contributed by atoms with Gasteiger partial charge in [0.2, 0.25) is 0 Å². The second kappa shape index (κ2) is 3.65. The number of hydrogen-bond acceptors (Lipinski definition) is 1. The van der Waals surface area contributed by atoms with Gasteiger partial charge in [-0.3, -0.25) is 4.79 Å². The number of hydrogen-bond donors (Lipinski definition) is 1. The fourth-order valence-electron chi connectivity index (χ4n) is 1.56. The molecule has 1 aromatic carbocycles. The monoisotopic (exact) mass is 207 g/mol. The maximum absolute atomic E-state index is 13.0. The van der Waals surface area contributed by atoms with Gasteiger partial charge in [0.25, 0.3) is 5.91 Å². The Morgan fingerprint density at radius 1 is 1.53 bits per heavy atom. The molecule has 0 aliphatic heterocycles. The van der Waals surface area contributed by atoms with E-state index in [4.69, 9.17) is 0 Å². The van der Waals surface area contributed by atoms with Crippen LogP contribution in [0.5, 0.6) is 0 Å². The van der Waals surface area contributed by atoms with Gasteiger partial charge in [-0.2, -0.15) is 0 Å². The van der Waals surface area contributed by atoms with E-state index in [1.807, 2.05) is 0 Å². The van der Waals surface area contributed by atoms with Gasteiger partial charge < -0.3 is 5.32 Å². The Morgan fingerprint density at radius 3 is 2.73 bits per heavy atom. The minimum atomic E-state index is -0.272. The van der Waals surface area contributed by atoms with E-state index in [-0.39, 0.29) is 11.7 Å². The molecule has 1 aliphatic rings. The van der Waals surface area contributed by atoms with Gasteiger partial charge in [0, 0.05) is 11.6 Å². The van der Waals surface area contributed by atoms with E-state index in [9.17, 15) is 9.18 Å². The van der Waals surface area contributed by atoms with Crippen molar-refractivity contribution in [2.45, 2.75) is 26.3 Å². The molecule has 3 heteroatoms. The number of halogens is 1. The highest BCUT2D eigenvalue weighted by Crippen LogP contribution is 2.29. The van der Waals surface area contributed by atoms with Crippen LogP contribution in [0.25, 0.3) is 0 Å². The molecular weight excluding hydrogens is 193 g/mol. The predicted molar refractivity (Wildman–Crippen MR) is 56.2 cm³/mol. The number of rotatable bonds is 2. The van der Waals surface area contributed by atoms with Crippen molar-refractivity contribution < 1.29 is 9.18 Å². The van der Waals surface area contributed by atoms with Gasteiger partial charge in [-0.1, -0.05) is 6.92 Å². The van der Waals surface area contributed by atoms with Gasteiger partial charge in [-0.25, -0.2) is 4.39 Å². The number of aryl methyl sites for hydroxylation is 1. The first-order valence-electron chi connectivity index (χ1n) is 5.15. The van der Waals surface area contributed by atoms with Gasteiger partial charge in [0.15, 0.2) is 0 Å². The van der Waals surface area contributed by atoms with Gasteiger partial charge >= 0.3 is 0 Å². The normalized spacial score (nSPS) is 23.7. The molecule has 1 N–H and O–H groups in total. The average Bonchev–Trinajstić information content (AvgIpc) is 2.86. The van der Waals surface area contributed by atoms with Gasteiger partial charge in [-0.05, 0) is 43.0 Å². The zero-order chi connectivity index (χ0) is 11.0. The highest BCUT2D eigenvalue weighted by Gasteiger charge is 2.33. The molecule has 0 heterocycles. The molecule has 0 spiro atoms. The van der Waals surface area contributed by atoms with Crippen LogP contribution < -0.4 is 5.32 Å². The van der Waals surface area contributed by atoms with E-state index in [1.165, 1.54) is 12.1 Å². The van der Waals surface area contributed by atoms with Crippen molar-refractivity contribution in [1.29, 1.82) is 0 Å². The number of benzene rings is 1. The smallest absolute Gasteiger partial charge is 0.251 e. The Morgan fingerprint density at radius 2 is 2.20 bits per heavy atom. The Labute approximate surface area is 88.5 Å². The quantitative estimate of drug-likeness (QED) is 0.792. The van der Waals surface area contributed by atoms with Crippen LogP contribution in [0, 0.1) is 18.7 Å². The molecule has 2 nitrogen and oxygen atoms in total. The summed E-state index contributed by atoms with van der Waals surface area (Å²) in [6, 6.07) is 4.74. The maximum atomic E-state index is 13.0. The van der Waals surface area contributed by atoms with Gasteiger partial charge in [0.1, 0.15) is 5.82 Å². The lowest BCUT2D eigenvalue weighted by Crippen LogP contribution is -2.26. The zero-order valence-electron chi connectivity index (χ0n) is 8.88. The van der Waals surface area contributed by atoms with Crippen molar-refractivity contribution in [1.82, 2.24) is 5.32 Å². The molecule has 2 unspecified atom stereocenters. The number of carbonyl (C=O) groups is 1. The Bertz CT molecular complexity index is 403. The van der Waals surface area contributed by atoms with E-state index < -0.39 is 0 Å². The lowest BCUT2D eigenvalue weighted by Gasteiger charge is -2.05. The van der Waals surface area contributed by atoms with Crippen molar-refractivity contribution >= 4 is 5.91 Å². The Kier molecular flexibility index (Phi) is 2.47. The number of carbonyl (C=O) groups excluding carboxylic acids is 1. The lowest BCUT2D eigenvalue weighted by molar-refractivity contribution is 0.0949. The summed E-state index contributed by atoms with van der Waals surface area (Å²) >= 11 is 0. The molecule has 0 bridgehead atoms. The molecule has 1 saturated carbocycles. The summed E-state index contributed by atoms with van der Waals surface area (Å²) in [5, 5.41) is 2.91. The Hall–Kier alpha value is -1.38. The summed E-state index contributed by atoms with van der Waals surface area (Å²) in [6.45, 7) is 3.76. The van der Waals surface area contributed by atoms with E-state index in [0.29, 0.717) is 23.1 Å². The fourth-order valence-corrected chi connectivity index (χ4v) is 1.56. The number of amides is 1. The molecular formula is C12H14FNO. The Balaban J connectivity index is 2.08. The van der Waals surface area contributed by atoms with E-state index in [2.05, 4.69) is 12.2 Å². The first kappa shape index (κ1) is 10.1. The van der Waals surface area contributed by atoms with Crippen LogP contribution in [-0.4, -0.2) is 11.9 Å². The molecule has 15 heavy (non-hydrogen) atoms. The van der Waals surface area contributed by atoms with E-state index in [1.54, 1.807) is 13.0 Å². The first-order valence-corrected chi connectivity index (χ1v) is 5.15. The van der Waals surface area contributed by atoms with Crippen LogP contribution >= 0.6 is 0 Å². The van der Waals surface area contributed by atoms with Crippen LogP contribution in [0.15, 0.2) is 18.2 Å². The van der Waals surface area contributed by atoms with Crippen molar-refractivity contribution in [2.24, 2.45) is 5.92 Å². The molecule has 0 aromatic heterocycles. The zero-order valence-corrected chi connectivity index (χ0v) is 8.88. The molecule has 2 atom stereocenters. The van der Waals surface area contributed by atoms with Crippen molar-refractivity contribution in [3.05, 3.63) is 35.1 Å². The highest BCUT2D eigenvalue weighted by molar-refractivity contribution is 5.94. The van der Waals surface area contributed by atoms with Crippen LogP contribution in [-0.2, 0) is 0 Å². The molecule has 1 aromatic rings. The van der Waals surface area contributed by atoms with Crippen molar-refractivity contribution in [2.75, 3.05) is 0 Å². The predicted octanol–water partition coefficient (Wildman–Crippen LogP) is 2.27. The molecule has 0 saturated heterocycles. The molecule has 0 radical (unpaired) electrons. The summed E-state index contributed by atoms with van der Waals surface area (Å²) in [6.07, 6.45) is 1.05. The standard InChI is InChI=1S/C12H14FNO/c1-7-5-9(3-4-10(7)13)12(15)14-11-6-8(11)2/h3-5,8,11H,6H2,1-2H3,(H,14,15). The topological polar surface area (TPSA) is 29.1 Å². The van der Waals surface area contributed by atoms with Crippen LogP contribution in [0.4, 0.5) is 4.39 Å². The SMILES string of the molecule is Cc1cc(C(=O)NC2CC2C)ccc1F. The van der Waals surface area contributed by atoms with Crippen molar-refractivity contribution in [3.63, 3.8) is 0 Å². The third-order valence-corrected chi connectivity index (χ3v) is 2.85. The van der Waals surface area contributed by atoms with Gasteiger partial charge in [-0.15, -0.1) is 0 Å². The number of nitrogens with one attached hydrogen (secondary N) is 1. The maximum Gasteiger partial charge on any atom is 0.251 e. The lowest BCUT2D eigenvalue weighted by atomic mass is 10.1. The largest absolute Gasteiger partial charge is 0.349 e. The van der Waals surface area contributed by atoms with E-state index >= 15 is 0 Å². The van der Waals surface area contributed by atoms with Gasteiger partial charge in [0.05, 0.1) is 0 Å². The summed E-state index contributed by atoms with van der Waals surface area (Å²) in [7, 11) is 0. The summed E-state index contributed by atoms with van der Waals surface area (Å²) in [5.74, 6) is 0.203. The van der Waals surface area contributed by atoms with Crippen LogP contribution in [0.1, 0.15) is 29.3 Å². The molecule has 80 valence electrons. The molecule has 2 rings (SSSR count). The second-order valence-corrected chi connectivity index (χ2v) is 4.26. The third kappa shape index (κ3) is 2.17.